The maximum Gasteiger partial charge on any atom is 0.224 e. The smallest absolute Gasteiger partial charge is 0.224 e. The standard InChI is InChI=1S/C13H17NO4S/c1-18-12-5-3-2-4-10(12)8-13(15)14-11-6-7-19(16,17)9-11/h2-5,11H,6-9H2,1H3,(H,14,15). The van der Waals surface area contributed by atoms with Crippen LogP contribution in [0.25, 0.3) is 0 Å². The van der Waals surface area contributed by atoms with Gasteiger partial charge in [-0.2, -0.15) is 0 Å². The predicted molar refractivity (Wildman–Crippen MR) is 71.9 cm³/mol. The van der Waals surface area contributed by atoms with Crippen molar-refractivity contribution in [3.05, 3.63) is 29.8 Å². The van der Waals surface area contributed by atoms with Crippen molar-refractivity contribution in [2.45, 2.75) is 18.9 Å². The average molecular weight is 283 g/mol. The number of nitrogens with one attached hydrogen (secondary N) is 1. The number of sulfone groups is 1. The van der Waals surface area contributed by atoms with Crippen molar-refractivity contribution in [2.75, 3.05) is 18.6 Å². The Morgan fingerprint density at radius 1 is 1.42 bits per heavy atom. The lowest BCUT2D eigenvalue weighted by molar-refractivity contribution is -0.121. The van der Waals surface area contributed by atoms with Crippen molar-refractivity contribution in [1.82, 2.24) is 5.32 Å². The molecule has 1 aliphatic heterocycles. The molecule has 0 radical (unpaired) electrons. The third kappa shape index (κ3) is 3.70. The minimum absolute atomic E-state index is 0.0463. The summed E-state index contributed by atoms with van der Waals surface area (Å²) in [5, 5.41) is 2.76. The lowest BCUT2D eigenvalue weighted by Gasteiger charge is -2.12. The molecule has 1 fully saturated rings. The van der Waals surface area contributed by atoms with Crippen LogP contribution in [0.1, 0.15) is 12.0 Å². The molecule has 6 heteroatoms. The van der Waals surface area contributed by atoms with Crippen LogP contribution < -0.4 is 10.1 Å². The molecule has 1 saturated heterocycles. The fourth-order valence-corrected chi connectivity index (χ4v) is 3.88. The molecule has 0 spiro atoms. The number of hydrogen-bond donors (Lipinski definition) is 1. The van der Waals surface area contributed by atoms with Crippen molar-refractivity contribution in [3.8, 4) is 5.75 Å². The van der Waals surface area contributed by atoms with Gasteiger partial charge in [-0.05, 0) is 12.5 Å². The molecule has 1 amide bonds. The summed E-state index contributed by atoms with van der Waals surface area (Å²) in [6.45, 7) is 0. The molecule has 5 nitrogen and oxygen atoms in total. The van der Waals surface area contributed by atoms with Gasteiger partial charge in [-0.15, -0.1) is 0 Å². The minimum Gasteiger partial charge on any atom is -0.496 e. The highest BCUT2D eigenvalue weighted by Crippen LogP contribution is 2.18. The number of para-hydroxylation sites is 1. The van der Waals surface area contributed by atoms with Crippen LogP contribution in [0, 0.1) is 0 Å². The number of ether oxygens (including phenoxy) is 1. The third-order valence-corrected chi connectivity index (χ3v) is 4.91. The topological polar surface area (TPSA) is 72.5 Å². The van der Waals surface area contributed by atoms with Gasteiger partial charge in [0.1, 0.15) is 5.75 Å². The predicted octanol–water partition coefficient (Wildman–Crippen LogP) is 0.541. The fourth-order valence-electron chi connectivity index (χ4n) is 2.21. The second-order valence-electron chi connectivity index (χ2n) is 4.66. The summed E-state index contributed by atoms with van der Waals surface area (Å²) in [6.07, 6.45) is 0.695. The summed E-state index contributed by atoms with van der Waals surface area (Å²) < 4.78 is 27.8. The number of amides is 1. The van der Waals surface area contributed by atoms with Gasteiger partial charge < -0.3 is 10.1 Å². The zero-order valence-electron chi connectivity index (χ0n) is 10.8. The van der Waals surface area contributed by atoms with Crippen molar-refractivity contribution < 1.29 is 17.9 Å². The van der Waals surface area contributed by atoms with Gasteiger partial charge in [0.2, 0.25) is 5.91 Å². The van der Waals surface area contributed by atoms with E-state index in [-0.39, 0.29) is 29.9 Å². The number of rotatable bonds is 4. The first-order valence-electron chi connectivity index (χ1n) is 6.12. The summed E-state index contributed by atoms with van der Waals surface area (Å²) in [6, 6.07) is 7.04. The van der Waals surface area contributed by atoms with E-state index in [9.17, 15) is 13.2 Å². The molecule has 1 atom stereocenters. The summed E-state index contributed by atoms with van der Waals surface area (Å²) in [4.78, 5) is 11.9. The second kappa shape index (κ2) is 5.61. The van der Waals surface area contributed by atoms with Crippen molar-refractivity contribution in [1.29, 1.82) is 0 Å². The molecular formula is C13H17NO4S. The van der Waals surface area contributed by atoms with Crippen LogP contribution in [-0.2, 0) is 21.1 Å². The monoisotopic (exact) mass is 283 g/mol. The number of methoxy groups -OCH3 is 1. The van der Waals surface area contributed by atoms with Crippen LogP contribution in [-0.4, -0.2) is 39.0 Å². The Labute approximate surface area is 112 Å². The maximum atomic E-state index is 11.9. The summed E-state index contributed by atoms with van der Waals surface area (Å²) in [7, 11) is -1.41. The maximum absolute atomic E-state index is 11.9. The quantitative estimate of drug-likeness (QED) is 0.875. The van der Waals surface area contributed by atoms with E-state index in [4.69, 9.17) is 4.74 Å². The van der Waals surface area contributed by atoms with E-state index in [0.717, 1.165) is 5.56 Å². The van der Waals surface area contributed by atoms with E-state index in [1.807, 2.05) is 18.2 Å². The molecule has 1 aromatic rings. The third-order valence-electron chi connectivity index (χ3n) is 3.14. The molecular weight excluding hydrogens is 266 g/mol. The fraction of sp³-hybridized carbons (Fsp3) is 0.462. The van der Waals surface area contributed by atoms with E-state index in [1.165, 1.54) is 0 Å². The molecule has 0 saturated carbocycles. The molecule has 1 heterocycles. The number of carbonyl (C=O) groups excluding carboxylic acids is 1. The van der Waals surface area contributed by atoms with Gasteiger partial charge in [0.15, 0.2) is 9.84 Å². The van der Waals surface area contributed by atoms with Gasteiger partial charge in [-0.25, -0.2) is 8.42 Å². The van der Waals surface area contributed by atoms with E-state index in [1.54, 1.807) is 13.2 Å². The molecule has 0 aromatic heterocycles. The molecule has 0 aliphatic carbocycles. The molecule has 104 valence electrons. The highest BCUT2D eigenvalue weighted by molar-refractivity contribution is 7.91. The number of hydrogen-bond acceptors (Lipinski definition) is 4. The Morgan fingerprint density at radius 2 is 2.16 bits per heavy atom. The molecule has 19 heavy (non-hydrogen) atoms. The van der Waals surface area contributed by atoms with Gasteiger partial charge in [-0.3, -0.25) is 4.79 Å². The zero-order valence-corrected chi connectivity index (χ0v) is 11.6. The van der Waals surface area contributed by atoms with Crippen LogP contribution in [0.3, 0.4) is 0 Å². The van der Waals surface area contributed by atoms with Crippen LogP contribution in [0.4, 0.5) is 0 Å². The van der Waals surface area contributed by atoms with Crippen LogP contribution in [0.5, 0.6) is 5.75 Å². The van der Waals surface area contributed by atoms with Crippen LogP contribution in [0.2, 0.25) is 0 Å². The van der Waals surface area contributed by atoms with Crippen molar-refractivity contribution >= 4 is 15.7 Å². The Morgan fingerprint density at radius 3 is 2.79 bits per heavy atom. The zero-order chi connectivity index (χ0) is 13.9. The van der Waals surface area contributed by atoms with Crippen LogP contribution >= 0.6 is 0 Å². The normalized spacial score (nSPS) is 21.0. The Bertz CT molecular complexity index is 568. The van der Waals surface area contributed by atoms with Crippen molar-refractivity contribution in [2.24, 2.45) is 0 Å². The van der Waals surface area contributed by atoms with Gasteiger partial charge in [-0.1, -0.05) is 18.2 Å². The first-order chi connectivity index (χ1) is 9.00. The molecule has 0 bridgehead atoms. The van der Waals surface area contributed by atoms with Gasteiger partial charge in [0, 0.05) is 11.6 Å². The minimum atomic E-state index is -2.97. The summed E-state index contributed by atoms with van der Waals surface area (Å²) in [5.74, 6) is 0.695. The lowest BCUT2D eigenvalue weighted by atomic mass is 10.1. The van der Waals surface area contributed by atoms with Crippen molar-refractivity contribution in [3.63, 3.8) is 0 Å². The highest BCUT2D eigenvalue weighted by atomic mass is 32.2. The Kier molecular flexibility index (Phi) is 4.09. The molecule has 1 aromatic carbocycles. The first kappa shape index (κ1) is 13.9. The molecule has 2 rings (SSSR count). The Hall–Kier alpha value is -1.56. The van der Waals surface area contributed by atoms with Gasteiger partial charge >= 0.3 is 0 Å². The van der Waals surface area contributed by atoms with E-state index in [2.05, 4.69) is 5.32 Å². The molecule has 1 aliphatic rings. The Balaban J connectivity index is 1.95. The summed E-state index contributed by atoms with van der Waals surface area (Å²) >= 11 is 0. The van der Waals surface area contributed by atoms with Gasteiger partial charge in [0.05, 0.1) is 25.0 Å². The summed E-state index contributed by atoms with van der Waals surface area (Å²) in [5.41, 5.74) is 0.795. The van der Waals surface area contributed by atoms with E-state index < -0.39 is 9.84 Å². The SMILES string of the molecule is COc1ccccc1CC(=O)NC1CCS(=O)(=O)C1. The van der Waals surface area contributed by atoms with Gasteiger partial charge in [0.25, 0.3) is 0 Å². The molecule has 1 unspecified atom stereocenters. The molecule has 1 N–H and O–H groups in total. The van der Waals surface area contributed by atoms with E-state index in [0.29, 0.717) is 12.2 Å². The number of carbonyl (C=O) groups is 1. The lowest BCUT2D eigenvalue weighted by Crippen LogP contribution is -2.36. The average Bonchev–Trinajstić information content (AvgIpc) is 2.69. The second-order valence-corrected chi connectivity index (χ2v) is 6.88. The van der Waals surface area contributed by atoms with E-state index >= 15 is 0 Å². The highest BCUT2D eigenvalue weighted by Gasteiger charge is 2.28. The van der Waals surface area contributed by atoms with Crippen LogP contribution in [0.15, 0.2) is 24.3 Å². The largest absolute Gasteiger partial charge is 0.496 e. The first-order valence-corrected chi connectivity index (χ1v) is 7.94. The number of benzene rings is 1.